The normalized spacial score (nSPS) is 14.7. The lowest BCUT2D eigenvalue weighted by molar-refractivity contribution is -0.122. The fraction of sp³-hybridized carbons (Fsp3) is 0.778. The molecule has 7 nitrogen and oxygen atoms in total. The van der Waals surface area contributed by atoms with Gasteiger partial charge in [0, 0.05) is 14.2 Å². The van der Waals surface area contributed by atoms with Crippen molar-refractivity contribution in [3.8, 4) is 0 Å². The van der Waals surface area contributed by atoms with Gasteiger partial charge in [-0.1, -0.05) is 0 Å². The lowest BCUT2D eigenvalue weighted by atomic mass is 10.5. The molecule has 0 aliphatic rings. The number of phosphoric ester groups is 1. The van der Waals surface area contributed by atoms with Crippen LogP contribution in [0.5, 0.6) is 0 Å². The molecule has 0 aromatic heterocycles. The van der Waals surface area contributed by atoms with Crippen molar-refractivity contribution in [2.45, 2.75) is 20.0 Å². The molecule has 0 fully saturated rings. The third kappa shape index (κ3) is 5.64. The molecule has 0 saturated carbocycles. The van der Waals surface area contributed by atoms with E-state index in [4.69, 9.17) is 0 Å². The lowest BCUT2D eigenvalue weighted by Crippen LogP contribution is -2.17. The highest BCUT2D eigenvalue weighted by molar-refractivity contribution is 7.58. The van der Waals surface area contributed by atoms with Crippen molar-refractivity contribution in [1.29, 1.82) is 0 Å². The van der Waals surface area contributed by atoms with Crippen molar-refractivity contribution in [2.75, 3.05) is 27.4 Å². The molecule has 0 amide bonds. The summed E-state index contributed by atoms with van der Waals surface area (Å²) in [5.41, 5.74) is -2.40. The van der Waals surface area contributed by atoms with Crippen molar-refractivity contribution >= 4 is 15.4 Å². The molecular formula is C9H16F4O7P2. The summed E-state index contributed by atoms with van der Waals surface area (Å²) >= 11 is 0. The first-order valence-electron chi connectivity index (χ1n) is 5.77. The lowest BCUT2D eigenvalue weighted by Gasteiger charge is -2.22. The van der Waals surface area contributed by atoms with Crippen LogP contribution in [0.1, 0.15) is 13.8 Å². The van der Waals surface area contributed by atoms with E-state index in [0.717, 1.165) is 0 Å². The van der Waals surface area contributed by atoms with Crippen LogP contribution in [0.25, 0.3) is 0 Å². The van der Waals surface area contributed by atoms with E-state index in [0.29, 0.717) is 14.2 Å². The molecule has 0 aliphatic carbocycles. The minimum absolute atomic E-state index is 0.337. The number of allylic oxidation sites excluding steroid dienone is 1. The predicted octanol–water partition coefficient (Wildman–Crippen LogP) is 4.37. The Kier molecular flexibility index (Phi) is 8.25. The number of phosphoric acid groups is 1. The number of alkyl halides is 3. The largest absolute Gasteiger partial charge is 0.530 e. The van der Waals surface area contributed by atoms with Gasteiger partial charge in [-0.25, -0.2) is 4.57 Å². The number of hydrogen-bond acceptors (Lipinski definition) is 7. The summed E-state index contributed by atoms with van der Waals surface area (Å²) in [4.78, 5) is 0. The molecule has 0 aromatic rings. The van der Waals surface area contributed by atoms with E-state index in [1.807, 2.05) is 0 Å². The van der Waals surface area contributed by atoms with Crippen LogP contribution in [-0.4, -0.2) is 33.6 Å². The SMILES string of the molecule is CCOP(=O)(OCC)O/C(=C(\F)P(=O)(OC)OC)C(F)(F)F. The van der Waals surface area contributed by atoms with E-state index in [1.54, 1.807) is 0 Å². The van der Waals surface area contributed by atoms with Gasteiger partial charge in [0.2, 0.25) is 0 Å². The van der Waals surface area contributed by atoms with Gasteiger partial charge in [-0.05, 0) is 13.8 Å². The van der Waals surface area contributed by atoms with E-state index in [2.05, 4.69) is 22.6 Å². The summed E-state index contributed by atoms with van der Waals surface area (Å²) in [5, 5.41) is 0. The highest BCUT2D eigenvalue weighted by Gasteiger charge is 2.50. The highest BCUT2D eigenvalue weighted by Crippen LogP contribution is 2.61. The van der Waals surface area contributed by atoms with Gasteiger partial charge in [-0.3, -0.25) is 13.6 Å². The van der Waals surface area contributed by atoms with E-state index in [-0.39, 0.29) is 13.2 Å². The molecule has 0 heterocycles. The van der Waals surface area contributed by atoms with Gasteiger partial charge in [0.15, 0.2) is 0 Å². The van der Waals surface area contributed by atoms with Crippen molar-refractivity contribution in [3.05, 3.63) is 11.3 Å². The summed E-state index contributed by atoms with van der Waals surface area (Å²) < 4.78 is 97.5. The molecule has 0 rings (SSSR count). The van der Waals surface area contributed by atoms with Crippen molar-refractivity contribution < 1.29 is 49.3 Å². The van der Waals surface area contributed by atoms with Gasteiger partial charge in [-0.15, -0.1) is 0 Å². The van der Waals surface area contributed by atoms with Crippen LogP contribution in [0.3, 0.4) is 0 Å². The molecule has 22 heavy (non-hydrogen) atoms. The topological polar surface area (TPSA) is 80.3 Å². The van der Waals surface area contributed by atoms with Crippen LogP contribution in [0.2, 0.25) is 0 Å². The molecule has 0 radical (unpaired) electrons. The minimum atomic E-state index is -5.49. The van der Waals surface area contributed by atoms with Gasteiger partial charge in [0.25, 0.3) is 11.3 Å². The van der Waals surface area contributed by atoms with Gasteiger partial charge >= 0.3 is 21.6 Å². The molecule has 0 saturated heterocycles. The Hall–Kier alpha value is -0.440. The first kappa shape index (κ1) is 21.6. The second-order valence-electron chi connectivity index (χ2n) is 3.35. The van der Waals surface area contributed by atoms with Crippen molar-refractivity contribution in [3.63, 3.8) is 0 Å². The Labute approximate surface area is 124 Å². The van der Waals surface area contributed by atoms with Crippen molar-refractivity contribution in [2.24, 2.45) is 0 Å². The zero-order valence-electron chi connectivity index (χ0n) is 12.2. The molecule has 0 bridgehead atoms. The van der Waals surface area contributed by atoms with E-state index in [1.165, 1.54) is 13.8 Å². The van der Waals surface area contributed by atoms with E-state index < -0.39 is 32.9 Å². The average Bonchev–Trinajstić information content (AvgIpc) is 2.42. The zero-order valence-corrected chi connectivity index (χ0v) is 14.0. The second kappa shape index (κ2) is 8.42. The fourth-order valence-corrected chi connectivity index (χ4v) is 3.27. The Morgan fingerprint density at radius 1 is 1.00 bits per heavy atom. The minimum Gasteiger partial charge on any atom is -0.395 e. The van der Waals surface area contributed by atoms with Gasteiger partial charge in [0.1, 0.15) is 0 Å². The van der Waals surface area contributed by atoms with Crippen LogP contribution in [0.15, 0.2) is 11.3 Å². The highest BCUT2D eigenvalue weighted by atomic mass is 31.2. The molecule has 0 aliphatic heterocycles. The molecule has 0 atom stereocenters. The maximum absolute atomic E-state index is 13.9. The van der Waals surface area contributed by atoms with Crippen LogP contribution < -0.4 is 0 Å². The summed E-state index contributed by atoms with van der Waals surface area (Å²) in [6.45, 7) is 1.93. The van der Waals surface area contributed by atoms with Crippen LogP contribution >= 0.6 is 15.4 Å². The maximum Gasteiger partial charge on any atom is 0.530 e. The summed E-state index contributed by atoms with van der Waals surface area (Å²) in [6, 6.07) is 0. The monoisotopic (exact) mass is 374 g/mol. The van der Waals surface area contributed by atoms with E-state index >= 15 is 0 Å². The predicted molar refractivity (Wildman–Crippen MR) is 67.8 cm³/mol. The molecule has 132 valence electrons. The number of rotatable bonds is 9. The Morgan fingerprint density at radius 3 is 1.68 bits per heavy atom. The molecule has 0 aromatic carbocycles. The zero-order chi connectivity index (χ0) is 17.6. The number of hydrogen-bond donors (Lipinski definition) is 0. The molecule has 13 heteroatoms. The van der Waals surface area contributed by atoms with Crippen LogP contribution in [-0.2, 0) is 31.7 Å². The van der Waals surface area contributed by atoms with E-state index in [9.17, 15) is 26.7 Å². The molecular weight excluding hydrogens is 358 g/mol. The van der Waals surface area contributed by atoms with Gasteiger partial charge < -0.3 is 13.6 Å². The molecule has 0 unspecified atom stereocenters. The fourth-order valence-electron chi connectivity index (χ4n) is 1.08. The first-order valence-corrected chi connectivity index (χ1v) is 8.77. The standard InChI is InChI=1S/C9H16F4O7P2/c1-5-18-22(15,19-6-2)20-7(9(11,12)13)8(10)21(14,16-3)17-4/h5-6H2,1-4H3/b8-7+. The third-order valence-corrected chi connectivity index (χ3v) is 5.14. The van der Waals surface area contributed by atoms with Gasteiger partial charge in [0.05, 0.1) is 13.2 Å². The summed E-state index contributed by atoms with van der Waals surface area (Å²) in [7, 11) is -8.34. The smallest absolute Gasteiger partial charge is 0.395 e. The van der Waals surface area contributed by atoms with Crippen LogP contribution in [0.4, 0.5) is 17.6 Å². The summed E-state index contributed by atoms with van der Waals surface area (Å²) in [6.07, 6.45) is -5.49. The average molecular weight is 374 g/mol. The Morgan fingerprint density at radius 2 is 1.41 bits per heavy atom. The third-order valence-electron chi connectivity index (χ3n) is 1.94. The molecule has 0 spiro atoms. The van der Waals surface area contributed by atoms with Crippen molar-refractivity contribution in [1.82, 2.24) is 0 Å². The maximum atomic E-state index is 13.9. The Balaban J connectivity index is 5.97. The van der Waals surface area contributed by atoms with Crippen LogP contribution in [0, 0.1) is 0 Å². The summed E-state index contributed by atoms with van der Waals surface area (Å²) in [5.74, 6) is -2.47. The molecule has 0 N–H and O–H groups in total. The van der Waals surface area contributed by atoms with Gasteiger partial charge in [-0.2, -0.15) is 17.6 Å². The second-order valence-corrected chi connectivity index (χ2v) is 7.07. The number of halogens is 4. The quantitative estimate of drug-likeness (QED) is 0.337. The Bertz CT molecular complexity index is 473. The first-order chi connectivity index (χ1) is 9.99.